The third-order valence-electron chi connectivity index (χ3n) is 1.86. The molecule has 1 rings (SSSR count). The zero-order valence-electron chi connectivity index (χ0n) is 8.11. The minimum absolute atomic E-state index is 0.0800. The van der Waals surface area contributed by atoms with Crippen molar-refractivity contribution in [2.45, 2.75) is 13.8 Å². The molecular formula is C10H11NO3. The summed E-state index contributed by atoms with van der Waals surface area (Å²) in [5.41, 5.74) is 1.55. The van der Waals surface area contributed by atoms with Crippen LogP contribution in [-0.2, 0) is 0 Å². The highest BCUT2D eigenvalue weighted by molar-refractivity contribution is 5.49. The summed E-state index contributed by atoms with van der Waals surface area (Å²) in [5.74, 6) is 0.630. The Morgan fingerprint density at radius 1 is 1.43 bits per heavy atom. The highest BCUT2D eigenvalue weighted by atomic mass is 16.6. The zero-order valence-corrected chi connectivity index (χ0v) is 8.11. The summed E-state index contributed by atoms with van der Waals surface area (Å²) in [6.07, 6.45) is 1.31. The highest BCUT2D eigenvalue weighted by Crippen LogP contribution is 2.28. The Labute approximate surface area is 82.0 Å². The molecule has 0 fully saturated rings. The topological polar surface area (TPSA) is 52.4 Å². The number of nitro benzene ring substituents is 1. The fraction of sp³-hybridized carbons (Fsp3) is 0.200. The van der Waals surface area contributed by atoms with E-state index in [1.165, 1.54) is 18.4 Å². The van der Waals surface area contributed by atoms with E-state index in [1.807, 2.05) is 0 Å². The van der Waals surface area contributed by atoms with Gasteiger partial charge in [0.1, 0.15) is 5.75 Å². The normalized spacial score (nSPS) is 9.57. The van der Waals surface area contributed by atoms with Crippen molar-refractivity contribution in [3.8, 4) is 5.75 Å². The van der Waals surface area contributed by atoms with Gasteiger partial charge in [-0.3, -0.25) is 10.1 Å². The molecule has 0 amide bonds. The fourth-order valence-corrected chi connectivity index (χ4v) is 1.30. The van der Waals surface area contributed by atoms with Crippen LogP contribution in [0.2, 0.25) is 0 Å². The summed E-state index contributed by atoms with van der Waals surface area (Å²) in [6.45, 7) is 6.97. The lowest BCUT2D eigenvalue weighted by Gasteiger charge is -2.07. The molecule has 0 atom stereocenters. The van der Waals surface area contributed by atoms with Gasteiger partial charge in [-0.15, -0.1) is 0 Å². The van der Waals surface area contributed by atoms with E-state index in [0.29, 0.717) is 5.75 Å². The summed E-state index contributed by atoms with van der Waals surface area (Å²) >= 11 is 0. The number of rotatable bonds is 3. The SMILES string of the molecule is C=COc1c(C)cc([N+](=O)[O-])cc1C. The Bertz CT molecular complexity index is 362. The summed E-state index contributed by atoms with van der Waals surface area (Å²) in [5, 5.41) is 10.5. The number of benzene rings is 1. The van der Waals surface area contributed by atoms with E-state index in [2.05, 4.69) is 6.58 Å². The smallest absolute Gasteiger partial charge is 0.270 e. The first kappa shape index (κ1) is 10.2. The number of ether oxygens (including phenoxy) is 1. The van der Waals surface area contributed by atoms with Crippen LogP contribution in [0, 0.1) is 24.0 Å². The van der Waals surface area contributed by atoms with Crippen molar-refractivity contribution in [2.75, 3.05) is 0 Å². The van der Waals surface area contributed by atoms with Crippen molar-refractivity contribution in [2.24, 2.45) is 0 Å². The number of hydrogen-bond acceptors (Lipinski definition) is 3. The third-order valence-corrected chi connectivity index (χ3v) is 1.86. The fourth-order valence-electron chi connectivity index (χ4n) is 1.30. The van der Waals surface area contributed by atoms with E-state index >= 15 is 0 Å². The quantitative estimate of drug-likeness (QED) is 0.421. The predicted molar refractivity (Wildman–Crippen MR) is 53.4 cm³/mol. The van der Waals surface area contributed by atoms with Crippen LogP contribution in [0.3, 0.4) is 0 Å². The molecule has 0 N–H and O–H groups in total. The molecule has 0 unspecified atom stereocenters. The molecule has 4 heteroatoms. The Kier molecular flexibility index (Phi) is 2.86. The largest absolute Gasteiger partial charge is 0.465 e. The van der Waals surface area contributed by atoms with Gasteiger partial charge >= 0.3 is 0 Å². The molecule has 1 aromatic rings. The minimum atomic E-state index is -0.419. The van der Waals surface area contributed by atoms with Gasteiger partial charge in [0, 0.05) is 12.1 Å². The van der Waals surface area contributed by atoms with E-state index in [4.69, 9.17) is 4.74 Å². The summed E-state index contributed by atoms with van der Waals surface area (Å²) < 4.78 is 5.14. The molecule has 0 aliphatic rings. The molecule has 14 heavy (non-hydrogen) atoms. The van der Waals surface area contributed by atoms with Gasteiger partial charge in [0.15, 0.2) is 0 Å². The van der Waals surface area contributed by atoms with Gasteiger partial charge < -0.3 is 4.74 Å². The van der Waals surface area contributed by atoms with Crippen molar-refractivity contribution in [1.82, 2.24) is 0 Å². The number of nitrogens with zero attached hydrogens (tertiary/aromatic N) is 1. The van der Waals surface area contributed by atoms with Gasteiger partial charge in [0.05, 0.1) is 11.2 Å². The van der Waals surface area contributed by atoms with Crippen molar-refractivity contribution in [1.29, 1.82) is 0 Å². The molecule has 1 aromatic carbocycles. The lowest BCUT2D eigenvalue weighted by atomic mass is 10.1. The lowest BCUT2D eigenvalue weighted by Crippen LogP contribution is -1.94. The Morgan fingerprint density at radius 3 is 2.29 bits per heavy atom. The Morgan fingerprint density at radius 2 is 1.93 bits per heavy atom. The van der Waals surface area contributed by atoms with Crippen LogP contribution in [0.25, 0.3) is 0 Å². The molecule has 0 heterocycles. The number of aryl methyl sites for hydroxylation is 2. The molecule has 0 radical (unpaired) electrons. The predicted octanol–water partition coefficient (Wildman–Crippen LogP) is 2.73. The van der Waals surface area contributed by atoms with Crippen LogP contribution < -0.4 is 4.74 Å². The summed E-state index contributed by atoms with van der Waals surface area (Å²) in [7, 11) is 0. The monoisotopic (exact) mass is 193 g/mol. The minimum Gasteiger partial charge on any atom is -0.465 e. The van der Waals surface area contributed by atoms with Crippen LogP contribution in [0.4, 0.5) is 5.69 Å². The molecule has 74 valence electrons. The van der Waals surface area contributed by atoms with Gasteiger partial charge in [0.2, 0.25) is 0 Å². The second-order valence-electron chi connectivity index (χ2n) is 2.95. The van der Waals surface area contributed by atoms with Crippen molar-refractivity contribution >= 4 is 5.69 Å². The van der Waals surface area contributed by atoms with Crippen LogP contribution >= 0.6 is 0 Å². The van der Waals surface area contributed by atoms with E-state index in [0.717, 1.165) is 11.1 Å². The molecule has 0 spiro atoms. The maximum Gasteiger partial charge on any atom is 0.270 e. The first-order valence-corrected chi connectivity index (χ1v) is 4.09. The Balaban J connectivity index is 3.24. The van der Waals surface area contributed by atoms with E-state index in [9.17, 15) is 10.1 Å². The van der Waals surface area contributed by atoms with Crippen molar-refractivity contribution in [3.05, 3.63) is 46.2 Å². The highest BCUT2D eigenvalue weighted by Gasteiger charge is 2.11. The van der Waals surface area contributed by atoms with Crippen LogP contribution in [0.5, 0.6) is 5.75 Å². The third kappa shape index (κ3) is 1.90. The molecule has 0 aliphatic carbocycles. The van der Waals surface area contributed by atoms with Gasteiger partial charge in [-0.25, -0.2) is 0 Å². The molecule has 0 bridgehead atoms. The first-order chi connectivity index (χ1) is 6.56. The molecule has 0 saturated carbocycles. The van der Waals surface area contributed by atoms with Crippen molar-refractivity contribution in [3.63, 3.8) is 0 Å². The average Bonchev–Trinajstić information content (AvgIpc) is 2.10. The summed E-state index contributed by atoms with van der Waals surface area (Å²) in [6, 6.07) is 2.96. The van der Waals surface area contributed by atoms with E-state index in [1.54, 1.807) is 13.8 Å². The average molecular weight is 193 g/mol. The molecule has 0 saturated heterocycles. The maximum atomic E-state index is 10.5. The zero-order chi connectivity index (χ0) is 10.7. The van der Waals surface area contributed by atoms with Gasteiger partial charge in [-0.05, 0) is 25.0 Å². The van der Waals surface area contributed by atoms with Gasteiger partial charge in [-0.2, -0.15) is 0 Å². The van der Waals surface area contributed by atoms with Gasteiger partial charge in [0.25, 0.3) is 5.69 Å². The lowest BCUT2D eigenvalue weighted by molar-refractivity contribution is -0.385. The molecular weight excluding hydrogens is 182 g/mol. The van der Waals surface area contributed by atoms with E-state index < -0.39 is 4.92 Å². The first-order valence-electron chi connectivity index (χ1n) is 4.09. The standard InChI is InChI=1S/C10H11NO3/c1-4-14-10-7(2)5-9(11(12)13)6-8(10)3/h4-6H,1H2,2-3H3. The Hall–Kier alpha value is -1.84. The van der Waals surface area contributed by atoms with Crippen LogP contribution in [0.15, 0.2) is 25.0 Å². The number of nitro groups is 1. The number of hydrogen-bond donors (Lipinski definition) is 0. The van der Waals surface area contributed by atoms with E-state index in [-0.39, 0.29) is 5.69 Å². The molecule has 0 aromatic heterocycles. The molecule has 0 aliphatic heterocycles. The van der Waals surface area contributed by atoms with Gasteiger partial charge in [-0.1, -0.05) is 6.58 Å². The van der Waals surface area contributed by atoms with Crippen molar-refractivity contribution < 1.29 is 9.66 Å². The second kappa shape index (κ2) is 3.91. The second-order valence-corrected chi connectivity index (χ2v) is 2.95. The van der Waals surface area contributed by atoms with Crippen LogP contribution in [-0.4, -0.2) is 4.92 Å². The number of non-ortho nitro benzene ring substituents is 1. The maximum absolute atomic E-state index is 10.5. The van der Waals surface area contributed by atoms with Crippen LogP contribution in [0.1, 0.15) is 11.1 Å². The molecule has 4 nitrogen and oxygen atoms in total. The summed E-state index contributed by atoms with van der Waals surface area (Å²) in [4.78, 5) is 10.1.